The summed E-state index contributed by atoms with van der Waals surface area (Å²) >= 11 is 0. The average molecular weight is 480 g/mol. The number of nitrogens with one attached hydrogen (secondary N) is 1. The van der Waals surface area contributed by atoms with E-state index in [1.165, 1.54) is 38.4 Å². The molecular formula is C22H29N3O5S2. The van der Waals surface area contributed by atoms with Crippen LogP contribution >= 0.6 is 0 Å². The molecule has 10 heteroatoms. The molecule has 0 atom stereocenters. The van der Waals surface area contributed by atoms with Crippen LogP contribution in [0.5, 0.6) is 0 Å². The Morgan fingerprint density at radius 3 is 2.22 bits per heavy atom. The smallest absolute Gasteiger partial charge is 0.251 e. The second kappa shape index (κ2) is 10.1. The number of amides is 1. The molecule has 1 N–H and O–H groups in total. The van der Waals surface area contributed by atoms with Crippen molar-refractivity contribution in [1.29, 1.82) is 0 Å². The molecule has 0 aromatic heterocycles. The minimum Gasteiger partial charge on any atom is -0.351 e. The van der Waals surface area contributed by atoms with Crippen LogP contribution in [0, 0.1) is 0 Å². The topological polar surface area (TPSA) is 104 Å². The summed E-state index contributed by atoms with van der Waals surface area (Å²) in [6.07, 6.45) is 0.671. The lowest BCUT2D eigenvalue weighted by Gasteiger charge is -2.28. The lowest BCUT2D eigenvalue weighted by Crippen LogP contribution is -2.40. The summed E-state index contributed by atoms with van der Waals surface area (Å²) in [4.78, 5) is 12.5. The molecule has 1 amide bonds. The molecule has 3 rings (SSSR count). The van der Waals surface area contributed by atoms with Crippen LogP contribution < -0.4 is 5.32 Å². The number of carbonyl (C=O) groups is 1. The van der Waals surface area contributed by atoms with E-state index in [1.807, 2.05) is 24.3 Å². The first-order valence-corrected chi connectivity index (χ1v) is 13.7. The van der Waals surface area contributed by atoms with Gasteiger partial charge in [0.2, 0.25) is 20.0 Å². The van der Waals surface area contributed by atoms with Gasteiger partial charge in [-0.1, -0.05) is 38.1 Å². The van der Waals surface area contributed by atoms with Gasteiger partial charge in [-0.3, -0.25) is 4.79 Å². The van der Waals surface area contributed by atoms with Crippen molar-refractivity contribution < 1.29 is 21.6 Å². The summed E-state index contributed by atoms with van der Waals surface area (Å²) in [7, 11) is -7.11. The second-order valence-corrected chi connectivity index (χ2v) is 11.6. The minimum atomic E-state index is -3.60. The van der Waals surface area contributed by atoms with E-state index < -0.39 is 26.0 Å². The zero-order valence-electron chi connectivity index (χ0n) is 18.3. The van der Waals surface area contributed by atoms with Crippen molar-refractivity contribution in [2.24, 2.45) is 0 Å². The molecule has 0 fully saturated rings. The van der Waals surface area contributed by atoms with Crippen LogP contribution in [0.25, 0.3) is 0 Å². The largest absolute Gasteiger partial charge is 0.351 e. The number of nitrogens with zero attached hydrogens (tertiary/aromatic N) is 2. The van der Waals surface area contributed by atoms with E-state index in [2.05, 4.69) is 5.32 Å². The first kappa shape index (κ1) is 24.4. The van der Waals surface area contributed by atoms with E-state index in [0.717, 1.165) is 5.56 Å². The summed E-state index contributed by atoms with van der Waals surface area (Å²) in [5, 5.41) is 2.61. The Labute approximate surface area is 190 Å². The SMILES string of the molecule is CCN(CC)S(=O)(=O)c1ccc(C(=O)NCCS(=O)(=O)N2CCc3ccccc3C2)cc1. The third kappa shape index (κ3) is 5.37. The molecule has 1 aliphatic heterocycles. The molecule has 174 valence electrons. The minimum absolute atomic E-state index is 0.0290. The van der Waals surface area contributed by atoms with Gasteiger partial charge in [-0.05, 0) is 41.8 Å². The fraction of sp³-hybridized carbons (Fsp3) is 0.409. The molecule has 1 aliphatic rings. The molecular weight excluding hydrogens is 450 g/mol. The maximum Gasteiger partial charge on any atom is 0.251 e. The van der Waals surface area contributed by atoms with Gasteiger partial charge in [-0.25, -0.2) is 16.8 Å². The molecule has 32 heavy (non-hydrogen) atoms. The van der Waals surface area contributed by atoms with Crippen molar-refractivity contribution in [3.63, 3.8) is 0 Å². The second-order valence-electron chi connectivity index (χ2n) is 7.54. The molecule has 0 bridgehead atoms. The van der Waals surface area contributed by atoms with Gasteiger partial charge in [0.25, 0.3) is 5.91 Å². The summed E-state index contributed by atoms with van der Waals surface area (Å²) in [6.45, 7) is 4.99. The Kier molecular flexibility index (Phi) is 7.71. The highest BCUT2D eigenvalue weighted by atomic mass is 32.2. The van der Waals surface area contributed by atoms with Crippen LogP contribution in [-0.4, -0.2) is 63.3 Å². The van der Waals surface area contributed by atoms with E-state index in [0.29, 0.717) is 32.6 Å². The number of carbonyl (C=O) groups excluding carboxylic acids is 1. The molecule has 0 unspecified atom stereocenters. The normalized spacial score (nSPS) is 14.8. The van der Waals surface area contributed by atoms with Crippen molar-refractivity contribution in [2.75, 3.05) is 31.9 Å². The first-order chi connectivity index (χ1) is 15.2. The lowest BCUT2D eigenvalue weighted by atomic mass is 10.0. The molecule has 2 aromatic carbocycles. The van der Waals surface area contributed by atoms with Gasteiger partial charge in [0.1, 0.15) is 0 Å². The number of hydrogen-bond acceptors (Lipinski definition) is 5. The predicted molar refractivity (Wildman–Crippen MR) is 123 cm³/mol. The van der Waals surface area contributed by atoms with Crippen molar-refractivity contribution in [3.8, 4) is 0 Å². The summed E-state index contributed by atoms with van der Waals surface area (Å²) in [5.41, 5.74) is 2.44. The van der Waals surface area contributed by atoms with E-state index >= 15 is 0 Å². The first-order valence-electron chi connectivity index (χ1n) is 10.6. The van der Waals surface area contributed by atoms with E-state index in [-0.39, 0.29) is 22.8 Å². The van der Waals surface area contributed by atoms with Crippen LogP contribution in [0.15, 0.2) is 53.4 Å². The Morgan fingerprint density at radius 2 is 1.59 bits per heavy atom. The van der Waals surface area contributed by atoms with Crippen molar-refractivity contribution in [1.82, 2.24) is 13.9 Å². The summed E-state index contributed by atoms with van der Waals surface area (Å²) in [5.74, 6) is -0.647. The van der Waals surface area contributed by atoms with Crippen molar-refractivity contribution in [3.05, 3.63) is 65.2 Å². The molecule has 0 aliphatic carbocycles. The number of rotatable bonds is 9. The number of hydrogen-bond donors (Lipinski definition) is 1. The molecule has 0 saturated heterocycles. The molecule has 1 heterocycles. The zero-order chi connectivity index (χ0) is 23.4. The molecule has 0 radical (unpaired) electrons. The van der Waals surface area contributed by atoms with Gasteiger partial charge in [-0.15, -0.1) is 0 Å². The Morgan fingerprint density at radius 1 is 0.969 bits per heavy atom. The predicted octanol–water partition coefficient (Wildman–Crippen LogP) is 1.84. The maximum atomic E-state index is 12.7. The van der Waals surface area contributed by atoms with Gasteiger partial charge < -0.3 is 5.32 Å². The molecule has 0 spiro atoms. The van der Waals surface area contributed by atoms with Gasteiger partial charge in [-0.2, -0.15) is 8.61 Å². The Hall–Kier alpha value is -2.27. The van der Waals surface area contributed by atoms with Crippen molar-refractivity contribution in [2.45, 2.75) is 31.7 Å². The molecule has 8 nitrogen and oxygen atoms in total. The maximum absolute atomic E-state index is 12.7. The number of fused-ring (bicyclic) bond motifs is 1. The fourth-order valence-electron chi connectivity index (χ4n) is 3.72. The highest BCUT2D eigenvalue weighted by Crippen LogP contribution is 2.21. The van der Waals surface area contributed by atoms with Gasteiger partial charge in [0.05, 0.1) is 10.6 Å². The van der Waals surface area contributed by atoms with Gasteiger partial charge in [0.15, 0.2) is 0 Å². The number of sulfonamides is 2. The van der Waals surface area contributed by atoms with Crippen LogP contribution in [0.2, 0.25) is 0 Å². The highest BCUT2D eigenvalue weighted by Gasteiger charge is 2.26. The summed E-state index contributed by atoms with van der Waals surface area (Å²) < 4.78 is 53.3. The van der Waals surface area contributed by atoms with Crippen molar-refractivity contribution >= 4 is 26.0 Å². The lowest BCUT2D eigenvalue weighted by molar-refractivity contribution is 0.0956. The highest BCUT2D eigenvalue weighted by molar-refractivity contribution is 7.89. The third-order valence-corrected chi connectivity index (χ3v) is 9.48. The van der Waals surface area contributed by atoms with E-state index in [4.69, 9.17) is 0 Å². The van der Waals surface area contributed by atoms with Gasteiger partial charge >= 0.3 is 0 Å². The zero-order valence-corrected chi connectivity index (χ0v) is 20.0. The fourth-order valence-corrected chi connectivity index (χ4v) is 6.50. The van der Waals surface area contributed by atoms with Gasteiger partial charge in [0, 0.05) is 38.3 Å². The number of benzene rings is 2. The van der Waals surface area contributed by atoms with Crippen LogP contribution in [-0.2, 0) is 33.0 Å². The van der Waals surface area contributed by atoms with E-state index in [1.54, 1.807) is 13.8 Å². The van der Waals surface area contributed by atoms with Crippen LogP contribution in [0.4, 0.5) is 0 Å². The third-order valence-electron chi connectivity index (χ3n) is 5.59. The standard InChI is InChI=1S/C22H29N3O5S2/c1-3-24(4-2)32(29,30)21-11-9-19(10-12-21)22(26)23-14-16-31(27,28)25-15-13-18-7-5-6-8-20(18)17-25/h5-12H,3-4,13-17H2,1-2H3,(H,23,26). The quantitative estimate of drug-likeness (QED) is 0.591. The monoisotopic (exact) mass is 479 g/mol. The Balaban J connectivity index is 1.57. The van der Waals surface area contributed by atoms with E-state index in [9.17, 15) is 21.6 Å². The van der Waals surface area contributed by atoms with Crippen LogP contribution in [0.3, 0.4) is 0 Å². The molecule has 0 saturated carbocycles. The Bertz CT molecular complexity index is 1160. The average Bonchev–Trinajstić information content (AvgIpc) is 2.79. The van der Waals surface area contributed by atoms with Crippen LogP contribution in [0.1, 0.15) is 35.3 Å². The summed E-state index contributed by atoms with van der Waals surface area (Å²) in [6, 6.07) is 13.4. The molecule has 2 aromatic rings.